The number of piperidine rings is 1. The summed E-state index contributed by atoms with van der Waals surface area (Å²) in [5, 5.41) is 3.49. The first-order valence-electron chi connectivity index (χ1n) is 6.46. The number of rotatable bonds is 4. The molecule has 0 radical (unpaired) electrons. The first kappa shape index (κ1) is 11.4. The van der Waals surface area contributed by atoms with Gasteiger partial charge in [0.05, 0.1) is 13.2 Å². The van der Waals surface area contributed by atoms with Crippen molar-refractivity contribution < 1.29 is 4.74 Å². The summed E-state index contributed by atoms with van der Waals surface area (Å²) in [7, 11) is 0. The highest BCUT2D eigenvalue weighted by Gasteiger charge is 2.14. The van der Waals surface area contributed by atoms with Gasteiger partial charge in [-0.3, -0.25) is 4.90 Å². The lowest BCUT2D eigenvalue weighted by Gasteiger charge is -2.28. The third-order valence-electron chi connectivity index (χ3n) is 3.59. The van der Waals surface area contributed by atoms with Crippen LogP contribution < -0.4 is 5.32 Å². The van der Waals surface area contributed by atoms with Crippen LogP contribution in [0.2, 0.25) is 0 Å². The molecule has 2 heterocycles. The summed E-state index contributed by atoms with van der Waals surface area (Å²) in [6.07, 6.45) is 5.59. The Hall–Kier alpha value is -0.120. The molecule has 3 nitrogen and oxygen atoms in total. The van der Waals surface area contributed by atoms with E-state index in [1.165, 1.54) is 45.3 Å². The molecule has 2 aliphatic heterocycles. The molecule has 2 aliphatic rings. The van der Waals surface area contributed by atoms with Crippen molar-refractivity contribution in [3.63, 3.8) is 0 Å². The van der Waals surface area contributed by atoms with E-state index in [4.69, 9.17) is 4.74 Å². The van der Waals surface area contributed by atoms with Crippen molar-refractivity contribution in [2.24, 2.45) is 5.92 Å². The van der Waals surface area contributed by atoms with E-state index in [2.05, 4.69) is 10.2 Å². The Morgan fingerprint density at radius 1 is 1.27 bits per heavy atom. The lowest BCUT2D eigenvalue weighted by Crippen LogP contribution is -2.37. The van der Waals surface area contributed by atoms with Gasteiger partial charge in [0.1, 0.15) is 0 Å². The smallest absolute Gasteiger partial charge is 0.0594 e. The highest BCUT2D eigenvalue weighted by Crippen LogP contribution is 2.16. The molecule has 2 fully saturated rings. The monoisotopic (exact) mass is 212 g/mol. The van der Waals surface area contributed by atoms with Crippen molar-refractivity contribution in [2.45, 2.75) is 25.7 Å². The minimum Gasteiger partial charge on any atom is -0.379 e. The van der Waals surface area contributed by atoms with Crippen molar-refractivity contribution in [3.05, 3.63) is 0 Å². The zero-order chi connectivity index (χ0) is 10.3. The molecule has 0 saturated carbocycles. The summed E-state index contributed by atoms with van der Waals surface area (Å²) in [5.74, 6) is 0.944. The van der Waals surface area contributed by atoms with Crippen molar-refractivity contribution in [3.8, 4) is 0 Å². The normalized spacial score (nSPS) is 29.2. The van der Waals surface area contributed by atoms with Gasteiger partial charge in [-0.05, 0) is 51.2 Å². The molecule has 1 unspecified atom stereocenters. The standard InChI is InChI=1S/C12H24N2O/c1-3-12(11-13-5-1)4-2-6-14-7-9-15-10-8-14/h12-13H,1-11H2. The fourth-order valence-electron chi connectivity index (χ4n) is 2.60. The van der Waals surface area contributed by atoms with Crippen molar-refractivity contribution in [1.82, 2.24) is 10.2 Å². The second-order valence-corrected chi connectivity index (χ2v) is 4.81. The molecule has 0 aromatic rings. The topological polar surface area (TPSA) is 24.5 Å². The highest BCUT2D eigenvalue weighted by molar-refractivity contribution is 4.70. The third kappa shape index (κ3) is 4.09. The molecule has 0 aromatic heterocycles. The molecule has 1 N–H and O–H groups in total. The first-order valence-corrected chi connectivity index (χ1v) is 6.46. The Morgan fingerprint density at radius 2 is 2.13 bits per heavy atom. The fraction of sp³-hybridized carbons (Fsp3) is 1.00. The van der Waals surface area contributed by atoms with Crippen LogP contribution >= 0.6 is 0 Å². The second kappa shape index (κ2) is 6.46. The zero-order valence-electron chi connectivity index (χ0n) is 9.71. The maximum Gasteiger partial charge on any atom is 0.0594 e. The van der Waals surface area contributed by atoms with Gasteiger partial charge in [0.2, 0.25) is 0 Å². The van der Waals surface area contributed by atoms with Gasteiger partial charge in [-0.2, -0.15) is 0 Å². The van der Waals surface area contributed by atoms with Gasteiger partial charge in [-0.1, -0.05) is 0 Å². The summed E-state index contributed by atoms with van der Waals surface area (Å²) in [5.41, 5.74) is 0. The molecule has 1 atom stereocenters. The van der Waals surface area contributed by atoms with E-state index < -0.39 is 0 Å². The molecule has 0 aliphatic carbocycles. The van der Waals surface area contributed by atoms with Crippen LogP contribution in [0.5, 0.6) is 0 Å². The number of nitrogens with one attached hydrogen (secondary N) is 1. The molecule has 15 heavy (non-hydrogen) atoms. The number of hydrogen-bond donors (Lipinski definition) is 1. The maximum absolute atomic E-state index is 5.34. The van der Waals surface area contributed by atoms with E-state index in [9.17, 15) is 0 Å². The van der Waals surface area contributed by atoms with Gasteiger partial charge in [-0.15, -0.1) is 0 Å². The number of nitrogens with zero attached hydrogens (tertiary/aromatic N) is 1. The van der Waals surface area contributed by atoms with Gasteiger partial charge in [-0.25, -0.2) is 0 Å². The summed E-state index contributed by atoms with van der Waals surface area (Å²) in [4.78, 5) is 2.54. The summed E-state index contributed by atoms with van der Waals surface area (Å²) in [6, 6.07) is 0. The van der Waals surface area contributed by atoms with Gasteiger partial charge in [0.15, 0.2) is 0 Å². The van der Waals surface area contributed by atoms with Crippen LogP contribution in [0, 0.1) is 5.92 Å². The lowest BCUT2D eigenvalue weighted by molar-refractivity contribution is 0.0365. The molecular formula is C12H24N2O. The van der Waals surface area contributed by atoms with E-state index in [1.807, 2.05) is 0 Å². The quantitative estimate of drug-likeness (QED) is 0.755. The van der Waals surface area contributed by atoms with Gasteiger partial charge in [0, 0.05) is 13.1 Å². The van der Waals surface area contributed by atoms with Crippen LogP contribution in [0.4, 0.5) is 0 Å². The van der Waals surface area contributed by atoms with Gasteiger partial charge in [0.25, 0.3) is 0 Å². The molecule has 0 amide bonds. The van der Waals surface area contributed by atoms with Crippen LogP contribution in [0.25, 0.3) is 0 Å². The third-order valence-corrected chi connectivity index (χ3v) is 3.59. The van der Waals surface area contributed by atoms with Crippen molar-refractivity contribution >= 4 is 0 Å². The summed E-state index contributed by atoms with van der Waals surface area (Å²) in [6.45, 7) is 7.92. The Balaban J connectivity index is 1.53. The average molecular weight is 212 g/mol. The number of ether oxygens (including phenoxy) is 1. The van der Waals surface area contributed by atoms with E-state index in [0.717, 1.165) is 32.2 Å². The molecule has 0 aromatic carbocycles. The molecular weight excluding hydrogens is 188 g/mol. The Labute approximate surface area is 93.2 Å². The minimum absolute atomic E-state index is 0.936. The lowest BCUT2D eigenvalue weighted by atomic mass is 9.94. The minimum atomic E-state index is 0.936. The molecule has 0 spiro atoms. The number of morpholine rings is 1. The second-order valence-electron chi connectivity index (χ2n) is 4.81. The van der Waals surface area contributed by atoms with E-state index in [-0.39, 0.29) is 0 Å². The van der Waals surface area contributed by atoms with Gasteiger partial charge >= 0.3 is 0 Å². The summed E-state index contributed by atoms with van der Waals surface area (Å²) < 4.78 is 5.34. The average Bonchev–Trinajstić information content (AvgIpc) is 2.32. The van der Waals surface area contributed by atoms with E-state index >= 15 is 0 Å². The van der Waals surface area contributed by atoms with Crippen molar-refractivity contribution in [2.75, 3.05) is 45.9 Å². The fourth-order valence-corrected chi connectivity index (χ4v) is 2.60. The van der Waals surface area contributed by atoms with Crippen LogP contribution in [0.3, 0.4) is 0 Å². The molecule has 3 heteroatoms. The SMILES string of the molecule is C1CNCC(CCCN2CCOCC2)C1. The predicted molar refractivity (Wildman–Crippen MR) is 62.1 cm³/mol. The van der Waals surface area contributed by atoms with E-state index in [1.54, 1.807) is 0 Å². The first-order chi connectivity index (χ1) is 7.45. The van der Waals surface area contributed by atoms with Crippen molar-refractivity contribution in [1.29, 1.82) is 0 Å². The Morgan fingerprint density at radius 3 is 2.87 bits per heavy atom. The molecule has 0 bridgehead atoms. The predicted octanol–water partition coefficient (Wildman–Crippen LogP) is 1.10. The van der Waals surface area contributed by atoms with Crippen LogP contribution in [0.1, 0.15) is 25.7 Å². The van der Waals surface area contributed by atoms with Gasteiger partial charge < -0.3 is 10.1 Å². The maximum atomic E-state index is 5.34. The Kier molecular flexibility index (Phi) is 4.90. The highest BCUT2D eigenvalue weighted by atomic mass is 16.5. The van der Waals surface area contributed by atoms with E-state index in [0.29, 0.717) is 0 Å². The number of hydrogen-bond acceptors (Lipinski definition) is 3. The van der Waals surface area contributed by atoms with Crippen LogP contribution in [0.15, 0.2) is 0 Å². The van der Waals surface area contributed by atoms with Crippen LogP contribution in [-0.4, -0.2) is 50.8 Å². The van der Waals surface area contributed by atoms with Crippen LogP contribution in [-0.2, 0) is 4.74 Å². The Bertz CT molecular complexity index is 145. The molecule has 88 valence electrons. The summed E-state index contributed by atoms with van der Waals surface area (Å²) >= 11 is 0. The largest absolute Gasteiger partial charge is 0.379 e. The molecule has 2 rings (SSSR count). The zero-order valence-corrected chi connectivity index (χ0v) is 9.71. The molecule has 2 saturated heterocycles.